The maximum atomic E-state index is 12.1. The van der Waals surface area contributed by atoms with Gasteiger partial charge in [0.1, 0.15) is 0 Å². The number of imidazole rings is 1. The number of nitrogens with zero attached hydrogens (tertiary/aromatic N) is 1. The Morgan fingerprint density at radius 1 is 1.15 bits per heavy atom. The van der Waals surface area contributed by atoms with Crippen LogP contribution in [0.3, 0.4) is 0 Å². The Kier molecular flexibility index (Phi) is 3.39. The lowest BCUT2D eigenvalue weighted by atomic mass is 10.2. The van der Waals surface area contributed by atoms with Crippen LogP contribution in [0.5, 0.6) is 0 Å². The number of carbonyl (C=O) groups excluding carboxylic acids is 1. The lowest BCUT2D eigenvalue weighted by molar-refractivity contribution is 0.0942. The average molecular weight is 286 g/mol. The third-order valence-corrected chi connectivity index (χ3v) is 3.37. The number of para-hydroxylation sites is 2. The van der Waals surface area contributed by atoms with E-state index in [-0.39, 0.29) is 5.91 Å². The molecule has 0 atom stereocenters. The molecule has 2 N–H and O–H groups in total. The van der Waals surface area contributed by atoms with Crippen molar-refractivity contribution in [2.24, 2.45) is 0 Å². The number of aromatic nitrogens is 2. The van der Waals surface area contributed by atoms with E-state index < -0.39 is 0 Å². The number of H-pyrrole nitrogens is 1. The molecule has 0 saturated heterocycles. The molecule has 1 heterocycles. The number of rotatable bonds is 3. The summed E-state index contributed by atoms with van der Waals surface area (Å²) < 4.78 is 0. The van der Waals surface area contributed by atoms with Gasteiger partial charge in [0.2, 0.25) is 0 Å². The summed E-state index contributed by atoms with van der Waals surface area (Å²) in [6.07, 6.45) is 0. The van der Waals surface area contributed by atoms with Crippen LogP contribution in [0.1, 0.15) is 16.2 Å². The number of amides is 1. The largest absolute Gasteiger partial charge is 0.345 e. The summed E-state index contributed by atoms with van der Waals surface area (Å²) in [5, 5.41) is 3.44. The highest BCUT2D eigenvalue weighted by molar-refractivity contribution is 6.31. The van der Waals surface area contributed by atoms with Crippen LogP contribution in [-0.2, 0) is 6.54 Å². The summed E-state index contributed by atoms with van der Waals surface area (Å²) in [4.78, 5) is 19.3. The van der Waals surface area contributed by atoms with Gasteiger partial charge in [-0.25, -0.2) is 4.98 Å². The third-order valence-electron chi connectivity index (χ3n) is 3.00. The normalized spacial score (nSPS) is 10.7. The molecule has 0 bridgehead atoms. The van der Waals surface area contributed by atoms with E-state index in [0.717, 1.165) is 16.6 Å². The van der Waals surface area contributed by atoms with Crippen LogP contribution in [0, 0.1) is 0 Å². The quantitative estimate of drug-likeness (QED) is 0.777. The van der Waals surface area contributed by atoms with Crippen molar-refractivity contribution in [3.05, 3.63) is 64.9 Å². The van der Waals surface area contributed by atoms with Crippen molar-refractivity contribution in [1.82, 2.24) is 15.3 Å². The number of halogens is 1. The van der Waals surface area contributed by atoms with Crippen LogP contribution in [0.15, 0.2) is 48.5 Å². The van der Waals surface area contributed by atoms with Crippen molar-refractivity contribution < 1.29 is 4.79 Å². The van der Waals surface area contributed by atoms with E-state index in [1.54, 1.807) is 6.07 Å². The van der Waals surface area contributed by atoms with Crippen LogP contribution in [-0.4, -0.2) is 15.9 Å². The maximum absolute atomic E-state index is 12.1. The standard InChI is InChI=1S/C15H12ClN3O/c16-11-6-2-1-5-10(11)9-17-15(20)14-18-12-7-3-4-8-13(12)19-14/h1-8H,9H2,(H,17,20)(H,18,19). The van der Waals surface area contributed by atoms with Crippen molar-refractivity contribution in [3.63, 3.8) is 0 Å². The fraction of sp³-hybridized carbons (Fsp3) is 0.0667. The van der Waals surface area contributed by atoms with Gasteiger partial charge in [-0.1, -0.05) is 41.9 Å². The molecule has 100 valence electrons. The Hall–Kier alpha value is -2.33. The molecule has 0 fully saturated rings. The van der Waals surface area contributed by atoms with Gasteiger partial charge in [0.15, 0.2) is 5.82 Å². The van der Waals surface area contributed by atoms with Crippen molar-refractivity contribution in [1.29, 1.82) is 0 Å². The Labute approximate surface area is 120 Å². The molecular formula is C15H12ClN3O. The molecule has 0 saturated carbocycles. The molecule has 3 aromatic rings. The summed E-state index contributed by atoms with van der Waals surface area (Å²) in [5.74, 6) is 0.0550. The fourth-order valence-corrected chi connectivity index (χ4v) is 2.16. The highest BCUT2D eigenvalue weighted by Gasteiger charge is 2.11. The molecule has 0 radical (unpaired) electrons. The molecular weight excluding hydrogens is 274 g/mol. The van der Waals surface area contributed by atoms with Gasteiger partial charge in [-0.05, 0) is 23.8 Å². The first-order valence-electron chi connectivity index (χ1n) is 6.20. The van der Waals surface area contributed by atoms with Crippen molar-refractivity contribution in [2.75, 3.05) is 0 Å². The van der Waals surface area contributed by atoms with Gasteiger partial charge >= 0.3 is 0 Å². The van der Waals surface area contributed by atoms with Crippen LogP contribution in [0.4, 0.5) is 0 Å². The second-order valence-corrected chi connectivity index (χ2v) is 4.78. The summed E-state index contributed by atoms with van der Waals surface area (Å²) in [5.41, 5.74) is 2.49. The zero-order chi connectivity index (χ0) is 13.9. The summed E-state index contributed by atoms with van der Waals surface area (Å²) in [6.45, 7) is 0.371. The zero-order valence-electron chi connectivity index (χ0n) is 10.6. The lowest BCUT2D eigenvalue weighted by Gasteiger charge is -2.05. The number of aromatic amines is 1. The zero-order valence-corrected chi connectivity index (χ0v) is 11.3. The van der Waals surface area contributed by atoms with E-state index in [2.05, 4.69) is 15.3 Å². The SMILES string of the molecule is O=C(NCc1ccccc1Cl)c1nc2ccccc2[nH]1. The highest BCUT2D eigenvalue weighted by atomic mass is 35.5. The molecule has 0 aliphatic carbocycles. The van der Waals surface area contributed by atoms with Crippen LogP contribution < -0.4 is 5.32 Å². The first kappa shape index (κ1) is 12.7. The Morgan fingerprint density at radius 2 is 1.90 bits per heavy atom. The lowest BCUT2D eigenvalue weighted by Crippen LogP contribution is -2.24. The summed E-state index contributed by atoms with van der Waals surface area (Å²) in [6, 6.07) is 14.9. The minimum atomic E-state index is -0.249. The highest BCUT2D eigenvalue weighted by Crippen LogP contribution is 2.15. The van der Waals surface area contributed by atoms with Gasteiger partial charge in [0.25, 0.3) is 5.91 Å². The first-order chi connectivity index (χ1) is 9.74. The van der Waals surface area contributed by atoms with Gasteiger partial charge in [0, 0.05) is 11.6 Å². The number of carbonyl (C=O) groups is 1. The van der Waals surface area contributed by atoms with Gasteiger partial charge in [-0.2, -0.15) is 0 Å². The predicted molar refractivity (Wildman–Crippen MR) is 78.7 cm³/mol. The molecule has 0 unspecified atom stereocenters. The molecule has 0 aliphatic rings. The second kappa shape index (κ2) is 5.35. The number of benzene rings is 2. The molecule has 0 spiro atoms. The topological polar surface area (TPSA) is 57.8 Å². The van der Waals surface area contributed by atoms with E-state index in [9.17, 15) is 4.79 Å². The van der Waals surface area contributed by atoms with Gasteiger partial charge in [0.05, 0.1) is 11.0 Å². The van der Waals surface area contributed by atoms with E-state index in [0.29, 0.717) is 17.4 Å². The van der Waals surface area contributed by atoms with E-state index in [1.807, 2.05) is 42.5 Å². The number of hydrogen-bond acceptors (Lipinski definition) is 2. The van der Waals surface area contributed by atoms with Gasteiger partial charge < -0.3 is 10.3 Å². The predicted octanol–water partition coefficient (Wildman–Crippen LogP) is 3.15. The Bertz CT molecular complexity index is 733. The van der Waals surface area contributed by atoms with E-state index in [1.165, 1.54) is 0 Å². The maximum Gasteiger partial charge on any atom is 0.287 e. The Morgan fingerprint density at radius 3 is 2.70 bits per heavy atom. The van der Waals surface area contributed by atoms with E-state index in [4.69, 9.17) is 11.6 Å². The minimum absolute atomic E-state index is 0.249. The number of nitrogens with one attached hydrogen (secondary N) is 2. The monoisotopic (exact) mass is 285 g/mol. The van der Waals surface area contributed by atoms with Gasteiger partial charge in [-0.15, -0.1) is 0 Å². The minimum Gasteiger partial charge on any atom is -0.345 e. The summed E-state index contributed by atoms with van der Waals surface area (Å²) in [7, 11) is 0. The number of hydrogen-bond donors (Lipinski definition) is 2. The number of fused-ring (bicyclic) bond motifs is 1. The molecule has 5 heteroatoms. The molecule has 2 aromatic carbocycles. The van der Waals surface area contributed by atoms with E-state index >= 15 is 0 Å². The fourth-order valence-electron chi connectivity index (χ4n) is 1.96. The molecule has 0 aliphatic heterocycles. The van der Waals surface area contributed by atoms with Crippen LogP contribution in [0.25, 0.3) is 11.0 Å². The first-order valence-corrected chi connectivity index (χ1v) is 6.58. The third kappa shape index (κ3) is 2.51. The van der Waals surface area contributed by atoms with Crippen LogP contribution in [0.2, 0.25) is 5.02 Å². The smallest absolute Gasteiger partial charge is 0.287 e. The molecule has 1 amide bonds. The van der Waals surface area contributed by atoms with Crippen molar-refractivity contribution >= 4 is 28.5 Å². The molecule has 1 aromatic heterocycles. The van der Waals surface area contributed by atoms with Crippen molar-refractivity contribution in [3.8, 4) is 0 Å². The molecule has 20 heavy (non-hydrogen) atoms. The van der Waals surface area contributed by atoms with Crippen LogP contribution >= 0.6 is 11.6 Å². The van der Waals surface area contributed by atoms with Gasteiger partial charge in [-0.3, -0.25) is 4.79 Å². The van der Waals surface area contributed by atoms with Crippen molar-refractivity contribution in [2.45, 2.75) is 6.54 Å². The molecule has 3 rings (SSSR count). The summed E-state index contributed by atoms with van der Waals surface area (Å²) >= 11 is 6.04. The molecule has 4 nitrogen and oxygen atoms in total. The second-order valence-electron chi connectivity index (χ2n) is 4.38. The Balaban J connectivity index is 1.75. The average Bonchev–Trinajstić information content (AvgIpc) is 2.90.